The molecule has 4 aliphatic rings. The van der Waals surface area contributed by atoms with Crippen LogP contribution in [-0.4, -0.2) is 52.7 Å². The van der Waals surface area contributed by atoms with Crippen molar-refractivity contribution in [1.29, 1.82) is 0 Å². The molecule has 186 valence electrons. The van der Waals surface area contributed by atoms with Gasteiger partial charge in [-0.15, -0.1) is 4.39 Å². The molecule has 3 N–H and O–H groups in total. The molecule has 8 nitrogen and oxygen atoms in total. The molecule has 0 radical (unpaired) electrons. The summed E-state index contributed by atoms with van der Waals surface area (Å²) in [7, 11) is 0. The zero-order valence-electron chi connectivity index (χ0n) is 19.8. The number of carbonyl (C=O) groups excluding carboxylic acids is 4. The highest BCUT2D eigenvalue weighted by Gasteiger charge is 2.74. The number of aliphatic hydroxyl groups is 1. The summed E-state index contributed by atoms with van der Waals surface area (Å²) in [5.74, 6) is -2.26. The SMILES string of the molecule is CCC(=O)OCC(=O)[C@@]1(OC(=O)F)CCC2C3(N)CCC4=CC(=O)C=CC4(C)C3C(O)CC21C. The number of halogens is 1. The molecule has 0 spiro atoms. The molecular formula is C25H32FNO7. The summed E-state index contributed by atoms with van der Waals surface area (Å²) in [4.78, 5) is 48.6. The Labute approximate surface area is 197 Å². The van der Waals surface area contributed by atoms with Gasteiger partial charge < -0.3 is 20.3 Å². The molecule has 0 aromatic rings. The zero-order chi connectivity index (χ0) is 25.1. The Morgan fingerprint density at radius 2 is 1.97 bits per heavy atom. The van der Waals surface area contributed by atoms with Gasteiger partial charge in [-0.1, -0.05) is 32.4 Å². The number of fused-ring (bicyclic) bond motifs is 5. The van der Waals surface area contributed by atoms with Crippen molar-refractivity contribution in [2.45, 2.75) is 76.5 Å². The molecule has 9 heteroatoms. The molecule has 0 aliphatic heterocycles. The van der Waals surface area contributed by atoms with E-state index < -0.39 is 58.6 Å². The van der Waals surface area contributed by atoms with Crippen molar-refractivity contribution in [3.8, 4) is 0 Å². The minimum atomic E-state index is -2.10. The van der Waals surface area contributed by atoms with E-state index in [2.05, 4.69) is 0 Å². The number of esters is 1. The minimum Gasteiger partial charge on any atom is -0.457 e. The van der Waals surface area contributed by atoms with Crippen molar-refractivity contribution < 1.29 is 38.1 Å². The molecule has 0 saturated heterocycles. The fourth-order valence-electron chi connectivity index (χ4n) is 7.73. The maximum Gasteiger partial charge on any atom is 0.496 e. The molecular weight excluding hydrogens is 445 g/mol. The van der Waals surface area contributed by atoms with Crippen LogP contribution in [0.3, 0.4) is 0 Å². The predicted octanol–water partition coefficient (Wildman–Crippen LogP) is 2.71. The molecule has 0 heterocycles. The van der Waals surface area contributed by atoms with E-state index in [1.165, 1.54) is 6.08 Å². The molecule has 4 rings (SSSR count). The summed E-state index contributed by atoms with van der Waals surface area (Å²) >= 11 is 0. The number of ketones is 2. The van der Waals surface area contributed by atoms with Gasteiger partial charge in [0.05, 0.1) is 6.10 Å². The third-order valence-corrected chi connectivity index (χ3v) is 9.16. The number of rotatable bonds is 5. The van der Waals surface area contributed by atoms with Crippen LogP contribution in [0.1, 0.15) is 59.3 Å². The van der Waals surface area contributed by atoms with E-state index in [9.17, 15) is 28.7 Å². The van der Waals surface area contributed by atoms with Crippen LogP contribution in [-0.2, 0) is 23.9 Å². The van der Waals surface area contributed by atoms with Gasteiger partial charge in [0.1, 0.15) is 0 Å². The van der Waals surface area contributed by atoms with Gasteiger partial charge in [-0.3, -0.25) is 14.4 Å². The lowest BCUT2D eigenvalue weighted by molar-refractivity contribution is -0.187. The topological polar surface area (TPSA) is 133 Å². The Morgan fingerprint density at radius 3 is 2.62 bits per heavy atom. The van der Waals surface area contributed by atoms with E-state index in [1.54, 1.807) is 26.0 Å². The maximum atomic E-state index is 13.7. The second kappa shape index (κ2) is 8.09. The highest BCUT2D eigenvalue weighted by Crippen LogP contribution is 2.68. The summed E-state index contributed by atoms with van der Waals surface area (Å²) in [5, 5.41) is 11.5. The van der Waals surface area contributed by atoms with Crippen LogP contribution in [0.4, 0.5) is 9.18 Å². The number of carbonyl (C=O) groups is 4. The molecule has 7 atom stereocenters. The molecule has 6 unspecified atom stereocenters. The first-order valence-electron chi connectivity index (χ1n) is 11.8. The third kappa shape index (κ3) is 3.31. The van der Waals surface area contributed by atoms with Gasteiger partial charge in [0.2, 0.25) is 5.78 Å². The van der Waals surface area contributed by atoms with E-state index in [4.69, 9.17) is 15.2 Å². The van der Waals surface area contributed by atoms with Crippen molar-refractivity contribution in [2.24, 2.45) is 28.4 Å². The first-order chi connectivity index (χ1) is 15.8. The monoisotopic (exact) mass is 477 g/mol. The molecule has 0 bridgehead atoms. The third-order valence-electron chi connectivity index (χ3n) is 9.16. The first kappa shape index (κ1) is 24.7. The van der Waals surface area contributed by atoms with E-state index in [-0.39, 0.29) is 31.0 Å². The number of allylic oxidation sites excluding steroid dienone is 4. The lowest BCUT2D eigenvalue weighted by atomic mass is 9.43. The first-order valence-corrected chi connectivity index (χ1v) is 11.8. The van der Waals surface area contributed by atoms with Crippen LogP contribution in [0.25, 0.3) is 0 Å². The van der Waals surface area contributed by atoms with Crippen LogP contribution in [0.5, 0.6) is 0 Å². The Bertz CT molecular complexity index is 1010. The molecule has 3 fully saturated rings. The van der Waals surface area contributed by atoms with Gasteiger partial charge in [-0.05, 0) is 50.2 Å². The summed E-state index contributed by atoms with van der Waals surface area (Å²) in [6, 6.07) is 0. The Balaban J connectivity index is 1.76. The molecule has 4 aliphatic carbocycles. The van der Waals surface area contributed by atoms with Crippen LogP contribution < -0.4 is 5.73 Å². The number of ether oxygens (including phenoxy) is 2. The normalized spacial score (nSPS) is 42.7. The van der Waals surface area contributed by atoms with Crippen LogP contribution in [0.15, 0.2) is 23.8 Å². The Kier molecular flexibility index (Phi) is 5.88. The quantitative estimate of drug-likeness (QED) is 0.456. The van der Waals surface area contributed by atoms with Gasteiger partial charge in [-0.25, -0.2) is 4.79 Å². The van der Waals surface area contributed by atoms with Crippen LogP contribution >= 0.6 is 0 Å². The van der Waals surface area contributed by atoms with Gasteiger partial charge in [0, 0.05) is 28.7 Å². The number of Topliss-reactive ketones (excluding diaryl/α,β-unsaturated/α-hetero) is 1. The largest absolute Gasteiger partial charge is 0.496 e. The van der Waals surface area contributed by atoms with Crippen molar-refractivity contribution in [3.05, 3.63) is 23.8 Å². The Hall–Kier alpha value is -2.39. The standard InChI is InChI=1S/C25H32FNO7/c1-4-19(31)33-13-18(30)25(34-21(26)32)10-7-17-23(25,3)12-16(29)20-22(2)8-6-15(28)11-14(22)5-9-24(17,20)27/h6,8,11,16-17,20,29H,4-5,7,9-10,12-13,27H2,1-3H3/t16?,17?,20?,22?,23?,24?,25-/m0/s1. The van der Waals surface area contributed by atoms with Crippen LogP contribution in [0, 0.1) is 22.7 Å². The molecule has 0 amide bonds. The smallest absolute Gasteiger partial charge is 0.457 e. The zero-order valence-corrected chi connectivity index (χ0v) is 19.8. The summed E-state index contributed by atoms with van der Waals surface area (Å²) in [6.45, 7) is 4.58. The van der Waals surface area contributed by atoms with Gasteiger partial charge in [-0.2, -0.15) is 0 Å². The summed E-state index contributed by atoms with van der Waals surface area (Å²) < 4.78 is 23.9. The minimum absolute atomic E-state index is 0.0124. The lowest BCUT2D eigenvalue weighted by Crippen LogP contribution is -2.72. The summed E-state index contributed by atoms with van der Waals surface area (Å²) in [6.07, 6.45) is 3.25. The van der Waals surface area contributed by atoms with Gasteiger partial charge >= 0.3 is 12.2 Å². The molecule has 3 saturated carbocycles. The number of aliphatic hydroxyl groups excluding tert-OH is 1. The highest BCUT2D eigenvalue weighted by atomic mass is 19.1. The predicted molar refractivity (Wildman–Crippen MR) is 118 cm³/mol. The van der Waals surface area contributed by atoms with Crippen LogP contribution in [0.2, 0.25) is 0 Å². The van der Waals surface area contributed by atoms with E-state index in [0.717, 1.165) is 5.57 Å². The average Bonchev–Trinajstić information content (AvgIpc) is 3.04. The van der Waals surface area contributed by atoms with Crippen molar-refractivity contribution in [3.63, 3.8) is 0 Å². The molecule has 0 aromatic heterocycles. The maximum absolute atomic E-state index is 13.7. The molecule has 34 heavy (non-hydrogen) atoms. The highest BCUT2D eigenvalue weighted by molar-refractivity contribution is 6.01. The number of hydrogen-bond acceptors (Lipinski definition) is 8. The van der Waals surface area contributed by atoms with Gasteiger partial charge in [0.15, 0.2) is 18.0 Å². The fraction of sp³-hybridized carbons (Fsp3) is 0.680. The number of nitrogens with two attached hydrogens (primary N) is 1. The average molecular weight is 478 g/mol. The second-order valence-corrected chi connectivity index (χ2v) is 10.7. The Morgan fingerprint density at radius 1 is 1.26 bits per heavy atom. The lowest BCUT2D eigenvalue weighted by Gasteiger charge is -2.64. The van der Waals surface area contributed by atoms with Crippen molar-refractivity contribution >= 4 is 23.8 Å². The van der Waals surface area contributed by atoms with E-state index >= 15 is 0 Å². The van der Waals surface area contributed by atoms with E-state index in [0.29, 0.717) is 19.3 Å². The second-order valence-electron chi connectivity index (χ2n) is 10.7. The fourth-order valence-corrected chi connectivity index (χ4v) is 7.73. The summed E-state index contributed by atoms with van der Waals surface area (Å²) in [5.41, 5.74) is 3.32. The van der Waals surface area contributed by atoms with Gasteiger partial charge in [0.25, 0.3) is 0 Å². The molecule has 0 aromatic carbocycles. The van der Waals surface area contributed by atoms with Crippen molar-refractivity contribution in [2.75, 3.05) is 6.61 Å². The van der Waals surface area contributed by atoms with Crippen molar-refractivity contribution in [1.82, 2.24) is 0 Å². The number of hydrogen-bond donors (Lipinski definition) is 2. The van der Waals surface area contributed by atoms with E-state index in [1.807, 2.05) is 6.92 Å².